The Labute approximate surface area is 118 Å². The van der Waals surface area contributed by atoms with Crippen molar-refractivity contribution in [1.29, 1.82) is 0 Å². The third kappa shape index (κ3) is 2.86. The molecule has 2 aromatic rings. The van der Waals surface area contributed by atoms with E-state index in [1.807, 2.05) is 0 Å². The molecule has 0 aliphatic heterocycles. The molecule has 0 aromatic heterocycles. The first kappa shape index (κ1) is 13.8. The first-order valence-corrected chi connectivity index (χ1v) is 5.90. The highest BCUT2D eigenvalue weighted by molar-refractivity contribution is 6.33. The number of carboxylic acids is 1. The van der Waals surface area contributed by atoms with Gasteiger partial charge in [-0.2, -0.15) is 0 Å². The topological polar surface area (TPSA) is 92.5 Å². The number of nitro benzene ring substituents is 1. The fourth-order valence-electron chi connectivity index (χ4n) is 1.66. The van der Waals surface area contributed by atoms with Gasteiger partial charge in [0.1, 0.15) is 5.69 Å². The van der Waals surface area contributed by atoms with Gasteiger partial charge in [0.15, 0.2) is 0 Å². The van der Waals surface area contributed by atoms with Crippen LogP contribution in [0.3, 0.4) is 0 Å². The lowest BCUT2D eigenvalue weighted by atomic mass is 10.2. The van der Waals surface area contributed by atoms with Crippen molar-refractivity contribution in [3.8, 4) is 0 Å². The lowest BCUT2D eigenvalue weighted by Gasteiger charge is -2.08. The van der Waals surface area contributed by atoms with Crippen molar-refractivity contribution < 1.29 is 14.8 Å². The highest BCUT2D eigenvalue weighted by atomic mass is 35.5. The smallest absolute Gasteiger partial charge is 0.337 e. The molecule has 20 heavy (non-hydrogen) atoms. The van der Waals surface area contributed by atoms with Crippen LogP contribution in [0.25, 0.3) is 0 Å². The van der Waals surface area contributed by atoms with Gasteiger partial charge in [0.2, 0.25) is 0 Å². The third-order valence-electron chi connectivity index (χ3n) is 2.58. The Morgan fingerprint density at radius 3 is 2.60 bits per heavy atom. The number of nitrogens with one attached hydrogen (secondary N) is 1. The number of aromatic carboxylic acids is 1. The Morgan fingerprint density at radius 2 is 1.95 bits per heavy atom. The van der Waals surface area contributed by atoms with Crippen molar-refractivity contribution in [1.82, 2.24) is 0 Å². The zero-order chi connectivity index (χ0) is 14.7. The van der Waals surface area contributed by atoms with Crippen LogP contribution in [0, 0.1) is 10.1 Å². The number of anilines is 2. The maximum atomic E-state index is 11.0. The summed E-state index contributed by atoms with van der Waals surface area (Å²) in [4.78, 5) is 21.4. The van der Waals surface area contributed by atoms with E-state index in [9.17, 15) is 14.9 Å². The minimum absolute atomic E-state index is 0.0738. The molecule has 2 aromatic carbocycles. The molecule has 2 N–H and O–H groups in total. The molecule has 0 saturated heterocycles. The standard InChI is InChI=1S/C13H9ClN2O4/c14-10-6-5-8(7-9(10)13(17)18)15-11-3-1-2-4-12(11)16(19)20/h1-7,15H,(H,17,18). The molecular weight excluding hydrogens is 284 g/mol. The van der Waals surface area contributed by atoms with Crippen LogP contribution in [0.1, 0.15) is 10.4 Å². The van der Waals surface area contributed by atoms with Crippen LogP contribution >= 0.6 is 11.6 Å². The van der Waals surface area contributed by atoms with Gasteiger partial charge in [0.05, 0.1) is 15.5 Å². The summed E-state index contributed by atoms with van der Waals surface area (Å²) >= 11 is 5.76. The van der Waals surface area contributed by atoms with Gasteiger partial charge in [-0.05, 0) is 24.3 Å². The van der Waals surface area contributed by atoms with Crippen LogP contribution in [0.2, 0.25) is 5.02 Å². The Kier molecular flexibility index (Phi) is 3.86. The molecule has 0 aliphatic carbocycles. The number of hydrogen-bond acceptors (Lipinski definition) is 4. The first-order valence-electron chi connectivity index (χ1n) is 5.52. The molecule has 0 aliphatic rings. The highest BCUT2D eigenvalue weighted by Crippen LogP contribution is 2.28. The van der Waals surface area contributed by atoms with Gasteiger partial charge in [-0.3, -0.25) is 10.1 Å². The molecule has 0 bridgehead atoms. The monoisotopic (exact) mass is 292 g/mol. The number of carboxylic acid groups (broad SMARTS) is 1. The summed E-state index contributed by atoms with van der Waals surface area (Å²) < 4.78 is 0. The molecule has 0 fully saturated rings. The number of nitro groups is 1. The van der Waals surface area contributed by atoms with E-state index in [0.717, 1.165) is 0 Å². The van der Waals surface area contributed by atoms with Crippen LogP contribution < -0.4 is 5.32 Å². The molecule has 0 amide bonds. The molecule has 0 radical (unpaired) electrons. The van der Waals surface area contributed by atoms with E-state index in [0.29, 0.717) is 5.69 Å². The predicted molar refractivity (Wildman–Crippen MR) is 74.8 cm³/mol. The maximum Gasteiger partial charge on any atom is 0.337 e. The summed E-state index contributed by atoms with van der Waals surface area (Å²) in [6.07, 6.45) is 0. The summed E-state index contributed by atoms with van der Waals surface area (Å²) in [5, 5.41) is 22.8. The molecule has 102 valence electrons. The van der Waals surface area contributed by atoms with Crippen LogP contribution in [0.4, 0.5) is 17.1 Å². The average molecular weight is 293 g/mol. The molecule has 0 spiro atoms. The number of benzene rings is 2. The molecule has 0 saturated carbocycles. The fraction of sp³-hybridized carbons (Fsp3) is 0. The van der Waals surface area contributed by atoms with Crippen LogP contribution in [0.5, 0.6) is 0 Å². The second kappa shape index (κ2) is 5.58. The van der Waals surface area contributed by atoms with Crippen LogP contribution in [0.15, 0.2) is 42.5 Å². The third-order valence-corrected chi connectivity index (χ3v) is 2.91. The van der Waals surface area contributed by atoms with E-state index in [2.05, 4.69) is 5.32 Å². The summed E-state index contributed by atoms with van der Waals surface area (Å²) in [6.45, 7) is 0. The average Bonchev–Trinajstić information content (AvgIpc) is 2.41. The second-order valence-corrected chi connectivity index (χ2v) is 4.31. The van der Waals surface area contributed by atoms with Gasteiger partial charge >= 0.3 is 5.97 Å². The van der Waals surface area contributed by atoms with Crippen molar-refractivity contribution in [2.75, 3.05) is 5.32 Å². The molecule has 2 rings (SSSR count). The van der Waals surface area contributed by atoms with Gasteiger partial charge in [-0.25, -0.2) is 4.79 Å². The van der Waals surface area contributed by atoms with E-state index in [-0.39, 0.29) is 22.0 Å². The Hall–Kier alpha value is -2.60. The van der Waals surface area contributed by atoms with Crippen molar-refractivity contribution in [2.24, 2.45) is 0 Å². The van der Waals surface area contributed by atoms with E-state index >= 15 is 0 Å². The number of halogens is 1. The zero-order valence-corrected chi connectivity index (χ0v) is 10.8. The maximum absolute atomic E-state index is 11.0. The van der Waals surface area contributed by atoms with Crippen molar-refractivity contribution >= 4 is 34.6 Å². The lowest BCUT2D eigenvalue weighted by molar-refractivity contribution is -0.383. The van der Waals surface area contributed by atoms with E-state index in [1.165, 1.54) is 24.3 Å². The Bertz CT molecular complexity index is 688. The summed E-state index contributed by atoms with van der Waals surface area (Å²) in [5.41, 5.74) is 0.506. The van der Waals surface area contributed by atoms with Gasteiger partial charge in [-0.1, -0.05) is 23.7 Å². The predicted octanol–water partition coefficient (Wildman–Crippen LogP) is 3.69. The van der Waals surface area contributed by atoms with Gasteiger partial charge in [-0.15, -0.1) is 0 Å². The second-order valence-electron chi connectivity index (χ2n) is 3.90. The SMILES string of the molecule is O=C(O)c1cc(Nc2ccccc2[N+](=O)[O-])ccc1Cl. The largest absolute Gasteiger partial charge is 0.478 e. The normalized spacial score (nSPS) is 10.1. The minimum atomic E-state index is -1.17. The molecular formula is C13H9ClN2O4. The van der Waals surface area contributed by atoms with Crippen molar-refractivity contribution in [2.45, 2.75) is 0 Å². The van der Waals surface area contributed by atoms with Gasteiger partial charge in [0, 0.05) is 11.8 Å². The van der Waals surface area contributed by atoms with Crippen LogP contribution in [-0.2, 0) is 0 Å². The van der Waals surface area contributed by atoms with Gasteiger partial charge < -0.3 is 10.4 Å². The van der Waals surface area contributed by atoms with Gasteiger partial charge in [0.25, 0.3) is 5.69 Å². The Morgan fingerprint density at radius 1 is 1.25 bits per heavy atom. The number of nitrogens with zero attached hydrogens (tertiary/aromatic N) is 1. The number of hydrogen-bond donors (Lipinski definition) is 2. The van der Waals surface area contributed by atoms with Crippen molar-refractivity contribution in [3.63, 3.8) is 0 Å². The molecule has 0 unspecified atom stereocenters. The number of carbonyl (C=O) groups is 1. The summed E-state index contributed by atoms with van der Waals surface area (Å²) in [5.74, 6) is -1.17. The fourth-order valence-corrected chi connectivity index (χ4v) is 1.86. The molecule has 0 atom stereocenters. The summed E-state index contributed by atoms with van der Waals surface area (Å²) in [6, 6.07) is 10.4. The number of rotatable bonds is 4. The molecule has 6 nitrogen and oxygen atoms in total. The van der Waals surface area contributed by atoms with Crippen molar-refractivity contribution in [3.05, 3.63) is 63.2 Å². The quantitative estimate of drug-likeness (QED) is 0.662. The van der Waals surface area contributed by atoms with E-state index in [4.69, 9.17) is 16.7 Å². The first-order chi connectivity index (χ1) is 9.49. The van der Waals surface area contributed by atoms with Crippen LogP contribution in [-0.4, -0.2) is 16.0 Å². The van der Waals surface area contributed by atoms with E-state index in [1.54, 1.807) is 18.2 Å². The zero-order valence-electron chi connectivity index (χ0n) is 10.0. The Balaban J connectivity index is 2.38. The number of para-hydroxylation sites is 2. The minimum Gasteiger partial charge on any atom is -0.478 e. The lowest BCUT2D eigenvalue weighted by Crippen LogP contribution is -2.00. The molecule has 7 heteroatoms. The summed E-state index contributed by atoms with van der Waals surface area (Å²) in [7, 11) is 0. The highest BCUT2D eigenvalue weighted by Gasteiger charge is 2.14. The molecule has 0 heterocycles. The van der Waals surface area contributed by atoms with E-state index < -0.39 is 10.9 Å².